The van der Waals surface area contributed by atoms with Crippen molar-refractivity contribution in [1.29, 1.82) is 0 Å². The van der Waals surface area contributed by atoms with Gasteiger partial charge in [0.2, 0.25) is 5.95 Å². The van der Waals surface area contributed by atoms with E-state index in [1.54, 1.807) is 12.4 Å². The highest BCUT2D eigenvalue weighted by molar-refractivity contribution is 5.57. The molecule has 7 nitrogen and oxygen atoms in total. The maximum Gasteiger partial charge on any atom is 0.210 e. The summed E-state index contributed by atoms with van der Waals surface area (Å²) in [5, 5.41) is 11.7. The lowest BCUT2D eigenvalue weighted by Gasteiger charge is -2.26. The van der Waals surface area contributed by atoms with Gasteiger partial charge >= 0.3 is 0 Å². The van der Waals surface area contributed by atoms with E-state index in [0.29, 0.717) is 37.7 Å². The second-order valence-electron chi connectivity index (χ2n) is 7.74. The number of fused-ring (bicyclic) bond motifs is 3. The molecular weight excluding hydrogens is 397 g/mol. The van der Waals surface area contributed by atoms with Crippen LogP contribution in [-0.4, -0.2) is 32.8 Å². The first-order valence-electron chi connectivity index (χ1n) is 10.4. The van der Waals surface area contributed by atoms with Gasteiger partial charge in [-0.1, -0.05) is 18.2 Å². The molecule has 0 amide bonds. The van der Waals surface area contributed by atoms with Crippen LogP contribution < -0.4 is 14.8 Å². The first kappa shape index (κ1) is 18.1. The van der Waals surface area contributed by atoms with Gasteiger partial charge in [-0.25, -0.2) is 9.37 Å². The zero-order valence-electron chi connectivity index (χ0n) is 16.7. The monoisotopic (exact) mass is 417 g/mol. The van der Waals surface area contributed by atoms with Crippen molar-refractivity contribution >= 4 is 11.6 Å². The second-order valence-corrected chi connectivity index (χ2v) is 7.74. The summed E-state index contributed by atoms with van der Waals surface area (Å²) in [6.45, 7) is 1.53. The molecule has 156 valence electrons. The van der Waals surface area contributed by atoms with Crippen LogP contribution in [-0.2, 0) is 13.0 Å². The summed E-state index contributed by atoms with van der Waals surface area (Å²) in [7, 11) is 0. The average Bonchev–Trinajstić information content (AvgIpc) is 3.48. The predicted octanol–water partition coefficient (Wildman–Crippen LogP) is 3.72. The van der Waals surface area contributed by atoms with E-state index in [4.69, 9.17) is 9.47 Å². The molecule has 4 heterocycles. The highest BCUT2D eigenvalue weighted by Gasteiger charge is 2.26. The third-order valence-corrected chi connectivity index (χ3v) is 6.06. The van der Waals surface area contributed by atoms with Crippen LogP contribution in [0.2, 0.25) is 0 Å². The molecule has 2 aliphatic rings. The number of benzene rings is 2. The van der Waals surface area contributed by atoms with E-state index in [1.807, 2.05) is 28.8 Å². The SMILES string of the molecule is Fc1ccc2c(c1CNc1ncc(C3CCOc4ccccc43)c3nncn13)CCO2. The van der Waals surface area contributed by atoms with Gasteiger partial charge in [-0.3, -0.25) is 4.40 Å². The van der Waals surface area contributed by atoms with Crippen LogP contribution in [0.25, 0.3) is 5.65 Å². The van der Waals surface area contributed by atoms with Crippen LogP contribution in [0.3, 0.4) is 0 Å². The Morgan fingerprint density at radius 2 is 1.97 bits per heavy atom. The molecule has 0 aliphatic carbocycles. The molecule has 1 unspecified atom stereocenters. The van der Waals surface area contributed by atoms with Gasteiger partial charge in [0, 0.05) is 47.3 Å². The Hall–Kier alpha value is -3.68. The summed E-state index contributed by atoms with van der Waals surface area (Å²) >= 11 is 0. The summed E-state index contributed by atoms with van der Waals surface area (Å²) in [5.41, 5.74) is 4.40. The molecule has 4 aromatic rings. The van der Waals surface area contributed by atoms with Gasteiger partial charge in [0.1, 0.15) is 23.6 Å². The Kier molecular flexibility index (Phi) is 4.22. The molecule has 6 rings (SSSR count). The molecule has 0 spiro atoms. The average molecular weight is 417 g/mol. The van der Waals surface area contributed by atoms with Crippen molar-refractivity contribution in [2.24, 2.45) is 0 Å². The fraction of sp³-hybridized carbons (Fsp3) is 0.261. The fourth-order valence-corrected chi connectivity index (χ4v) is 4.55. The molecule has 0 bridgehead atoms. The van der Waals surface area contributed by atoms with Crippen molar-refractivity contribution in [2.75, 3.05) is 18.5 Å². The summed E-state index contributed by atoms with van der Waals surface area (Å²) < 4.78 is 27.7. The van der Waals surface area contributed by atoms with Gasteiger partial charge in [0.15, 0.2) is 5.65 Å². The second kappa shape index (κ2) is 7.23. The number of nitrogens with zero attached hydrogens (tertiary/aromatic N) is 4. The van der Waals surface area contributed by atoms with Gasteiger partial charge < -0.3 is 14.8 Å². The van der Waals surface area contributed by atoms with E-state index in [9.17, 15) is 4.39 Å². The standard InChI is InChI=1S/C23H20FN5O2/c24-19-5-6-21-16(8-10-31-21)17(19)11-25-23-26-12-18(22-28-27-13-29(22)23)14-7-9-30-20-4-2-1-3-15(14)20/h1-6,12-14H,7-11H2,(H,25,26). The van der Waals surface area contributed by atoms with E-state index in [2.05, 4.69) is 26.6 Å². The van der Waals surface area contributed by atoms with Crippen molar-refractivity contribution in [3.63, 3.8) is 0 Å². The quantitative estimate of drug-likeness (QED) is 0.546. The Morgan fingerprint density at radius 1 is 1.06 bits per heavy atom. The molecule has 1 N–H and O–H groups in total. The van der Waals surface area contributed by atoms with Crippen LogP contribution in [0.4, 0.5) is 10.3 Å². The summed E-state index contributed by atoms with van der Waals surface area (Å²) in [6, 6.07) is 11.2. The first-order valence-corrected chi connectivity index (χ1v) is 10.4. The number of nitrogens with one attached hydrogen (secondary N) is 1. The number of ether oxygens (including phenoxy) is 2. The third-order valence-electron chi connectivity index (χ3n) is 6.06. The zero-order chi connectivity index (χ0) is 20.8. The van der Waals surface area contributed by atoms with Crippen LogP contribution in [0.15, 0.2) is 48.9 Å². The fourth-order valence-electron chi connectivity index (χ4n) is 4.55. The Balaban J connectivity index is 1.34. The van der Waals surface area contributed by atoms with E-state index >= 15 is 0 Å². The maximum atomic E-state index is 14.5. The number of halogens is 1. The Labute approximate surface area is 177 Å². The van der Waals surface area contributed by atoms with Gasteiger partial charge in [0.05, 0.1) is 13.2 Å². The molecule has 8 heteroatoms. The molecule has 0 saturated carbocycles. The number of para-hydroxylation sites is 1. The van der Waals surface area contributed by atoms with Crippen molar-refractivity contribution in [3.05, 3.63) is 77.0 Å². The van der Waals surface area contributed by atoms with E-state index in [1.165, 1.54) is 6.07 Å². The van der Waals surface area contributed by atoms with Gasteiger partial charge in [-0.15, -0.1) is 10.2 Å². The highest BCUT2D eigenvalue weighted by Crippen LogP contribution is 2.39. The number of anilines is 1. The van der Waals surface area contributed by atoms with Crippen molar-refractivity contribution in [1.82, 2.24) is 19.6 Å². The minimum atomic E-state index is -0.243. The lowest BCUT2D eigenvalue weighted by atomic mass is 9.88. The van der Waals surface area contributed by atoms with Gasteiger partial charge in [0.25, 0.3) is 0 Å². The number of aromatic nitrogens is 4. The third kappa shape index (κ3) is 2.98. The minimum Gasteiger partial charge on any atom is -0.493 e. The Morgan fingerprint density at radius 3 is 2.94 bits per heavy atom. The molecular formula is C23H20FN5O2. The summed E-state index contributed by atoms with van der Waals surface area (Å²) in [4.78, 5) is 4.64. The van der Waals surface area contributed by atoms with Gasteiger partial charge in [-0.05, 0) is 24.6 Å². The number of rotatable bonds is 4. The topological polar surface area (TPSA) is 73.6 Å². The van der Waals surface area contributed by atoms with Crippen LogP contribution in [0, 0.1) is 5.82 Å². The molecule has 2 aromatic carbocycles. The summed E-state index contributed by atoms with van der Waals surface area (Å²) in [6.07, 6.45) is 5.03. The van der Waals surface area contributed by atoms with E-state index in [0.717, 1.165) is 40.3 Å². The molecule has 1 atom stereocenters. The lowest BCUT2D eigenvalue weighted by Crippen LogP contribution is -2.17. The normalized spacial score (nSPS) is 17.0. The highest BCUT2D eigenvalue weighted by atomic mass is 19.1. The Bertz CT molecular complexity index is 1290. The lowest BCUT2D eigenvalue weighted by molar-refractivity contribution is 0.277. The molecule has 0 saturated heterocycles. The molecule has 2 aliphatic heterocycles. The van der Waals surface area contributed by atoms with Crippen molar-refractivity contribution < 1.29 is 13.9 Å². The van der Waals surface area contributed by atoms with Crippen LogP contribution in [0.5, 0.6) is 11.5 Å². The smallest absolute Gasteiger partial charge is 0.210 e. The number of hydrogen-bond donors (Lipinski definition) is 1. The molecule has 0 radical (unpaired) electrons. The molecule has 0 fully saturated rings. The first-order chi connectivity index (χ1) is 15.3. The van der Waals surface area contributed by atoms with E-state index in [-0.39, 0.29) is 11.7 Å². The van der Waals surface area contributed by atoms with E-state index < -0.39 is 0 Å². The summed E-state index contributed by atoms with van der Waals surface area (Å²) in [5.74, 6) is 2.11. The molecule has 31 heavy (non-hydrogen) atoms. The zero-order valence-corrected chi connectivity index (χ0v) is 16.7. The van der Waals surface area contributed by atoms with Crippen molar-refractivity contribution in [2.45, 2.75) is 25.3 Å². The predicted molar refractivity (Wildman–Crippen MR) is 112 cm³/mol. The number of hydrogen-bond acceptors (Lipinski definition) is 6. The molecule has 2 aromatic heterocycles. The van der Waals surface area contributed by atoms with Crippen LogP contribution in [0.1, 0.15) is 34.6 Å². The van der Waals surface area contributed by atoms with Gasteiger partial charge in [-0.2, -0.15) is 0 Å². The van der Waals surface area contributed by atoms with Crippen LogP contribution >= 0.6 is 0 Å². The minimum absolute atomic E-state index is 0.130. The van der Waals surface area contributed by atoms with Crippen molar-refractivity contribution in [3.8, 4) is 11.5 Å². The maximum absolute atomic E-state index is 14.5. The largest absolute Gasteiger partial charge is 0.493 e.